The molecule has 7 heteroatoms. The van der Waals surface area contributed by atoms with Gasteiger partial charge in [-0.15, -0.1) is 0 Å². The average Bonchev–Trinajstić information content (AvgIpc) is 2.29. The third-order valence-electron chi connectivity index (χ3n) is 2.24. The molecule has 0 unspecified atom stereocenters. The summed E-state index contributed by atoms with van der Waals surface area (Å²) < 4.78 is 37.3. The van der Waals surface area contributed by atoms with Gasteiger partial charge >= 0.3 is 6.18 Å². The Balaban J connectivity index is 3.28. The molecule has 0 saturated carbocycles. The number of halogens is 3. The first-order valence-corrected chi connectivity index (χ1v) is 5.08. The second-order valence-corrected chi connectivity index (χ2v) is 3.26. The highest BCUT2D eigenvalue weighted by atomic mass is 19.4. The van der Waals surface area contributed by atoms with E-state index in [1.54, 1.807) is 18.7 Å². The molecule has 0 fully saturated rings. The largest absolute Gasteiger partial charge is 0.451 e. The van der Waals surface area contributed by atoms with E-state index < -0.39 is 12.0 Å². The molecule has 0 aliphatic rings. The van der Waals surface area contributed by atoms with E-state index in [1.807, 2.05) is 0 Å². The van der Waals surface area contributed by atoms with Crippen molar-refractivity contribution in [2.75, 3.05) is 18.0 Å². The van der Waals surface area contributed by atoms with E-state index in [2.05, 4.69) is 9.97 Å². The number of aromatic nitrogens is 2. The summed E-state index contributed by atoms with van der Waals surface area (Å²) in [5.74, 6) is -1.21. The van der Waals surface area contributed by atoms with E-state index in [4.69, 9.17) is 0 Å². The Kier molecular flexibility index (Phi) is 4.03. The van der Waals surface area contributed by atoms with Crippen molar-refractivity contribution in [1.29, 1.82) is 0 Å². The molecule has 4 nitrogen and oxygen atoms in total. The van der Waals surface area contributed by atoms with Crippen molar-refractivity contribution in [1.82, 2.24) is 9.97 Å². The van der Waals surface area contributed by atoms with Gasteiger partial charge in [-0.2, -0.15) is 13.2 Å². The normalized spacial score (nSPS) is 11.4. The standard InChI is InChI=1S/C10H12F3N3O/c1-3-16(4-2)8-7(6-17)5-14-9(15-8)10(11,12)13/h5-6H,3-4H2,1-2H3. The third-order valence-corrected chi connectivity index (χ3v) is 2.24. The summed E-state index contributed by atoms with van der Waals surface area (Å²) in [6.07, 6.45) is -3.26. The van der Waals surface area contributed by atoms with Crippen molar-refractivity contribution >= 4 is 12.1 Å². The number of rotatable bonds is 4. The molecule has 0 N–H and O–H groups in total. The molecule has 0 aromatic carbocycles. The van der Waals surface area contributed by atoms with Crippen molar-refractivity contribution in [3.05, 3.63) is 17.6 Å². The van der Waals surface area contributed by atoms with Crippen LogP contribution in [0.15, 0.2) is 6.20 Å². The topological polar surface area (TPSA) is 46.1 Å². The molecular formula is C10H12F3N3O. The van der Waals surface area contributed by atoms with E-state index in [-0.39, 0.29) is 11.4 Å². The lowest BCUT2D eigenvalue weighted by atomic mass is 10.3. The van der Waals surface area contributed by atoms with Crippen LogP contribution in [0.25, 0.3) is 0 Å². The highest BCUT2D eigenvalue weighted by Crippen LogP contribution is 2.28. The Morgan fingerprint density at radius 3 is 2.35 bits per heavy atom. The van der Waals surface area contributed by atoms with Crippen LogP contribution in [0.5, 0.6) is 0 Å². The fraction of sp³-hybridized carbons (Fsp3) is 0.500. The van der Waals surface area contributed by atoms with Crippen molar-refractivity contribution in [3.63, 3.8) is 0 Å². The van der Waals surface area contributed by atoms with Gasteiger partial charge < -0.3 is 4.90 Å². The van der Waals surface area contributed by atoms with E-state index in [1.165, 1.54) is 0 Å². The molecule has 0 bridgehead atoms. The molecular weight excluding hydrogens is 235 g/mol. The van der Waals surface area contributed by atoms with Crippen LogP contribution in [0.4, 0.5) is 19.0 Å². The molecule has 0 aliphatic carbocycles. The summed E-state index contributed by atoms with van der Waals surface area (Å²) in [5.41, 5.74) is 0.0571. The Bertz CT molecular complexity index is 402. The number of aldehydes is 1. The first kappa shape index (κ1) is 13.4. The number of hydrogen-bond acceptors (Lipinski definition) is 4. The first-order chi connectivity index (χ1) is 7.93. The average molecular weight is 247 g/mol. The molecule has 1 aromatic heterocycles. The molecule has 17 heavy (non-hydrogen) atoms. The number of carbonyl (C=O) groups excluding carboxylic acids is 1. The van der Waals surface area contributed by atoms with Crippen LogP contribution in [-0.4, -0.2) is 29.3 Å². The monoisotopic (exact) mass is 247 g/mol. The zero-order chi connectivity index (χ0) is 13.1. The van der Waals surface area contributed by atoms with Crippen LogP contribution in [0, 0.1) is 0 Å². The van der Waals surface area contributed by atoms with Gasteiger partial charge in [0, 0.05) is 19.3 Å². The molecule has 0 aliphatic heterocycles. The summed E-state index contributed by atoms with van der Waals surface area (Å²) in [4.78, 5) is 18.9. The maximum atomic E-state index is 12.4. The van der Waals surface area contributed by atoms with Crippen LogP contribution in [0.1, 0.15) is 30.0 Å². The van der Waals surface area contributed by atoms with Gasteiger partial charge in [0.15, 0.2) is 6.29 Å². The molecule has 0 saturated heterocycles. The second-order valence-electron chi connectivity index (χ2n) is 3.26. The van der Waals surface area contributed by atoms with Crippen LogP contribution >= 0.6 is 0 Å². The summed E-state index contributed by atoms with van der Waals surface area (Å²) >= 11 is 0. The third kappa shape index (κ3) is 2.92. The Morgan fingerprint density at radius 2 is 1.94 bits per heavy atom. The molecule has 1 heterocycles. The SMILES string of the molecule is CCN(CC)c1nc(C(F)(F)F)ncc1C=O. The summed E-state index contributed by atoms with van der Waals surface area (Å²) in [7, 11) is 0. The van der Waals surface area contributed by atoms with Gasteiger partial charge in [0.25, 0.3) is 0 Å². The summed E-state index contributed by atoms with van der Waals surface area (Å²) in [6, 6.07) is 0. The maximum Gasteiger partial charge on any atom is 0.451 e. The highest BCUT2D eigenvalue weighted by molar-refractivity contribution is 5.82. The molecule has 0 amide bonds. The minimum Gasteiger partial charge on any atom is -0.356 e. The molecule has 0 atom stereocenters. The fourth-order valence-corrected chi connectivity index (χ4v) is 1.38. The molecule has 94 valence electrons. The van der Waals surface area contributed by atoms with Gasteiger partial charge in [-0.25, -0.2) is 9.97 Å². The number of carbonyl (C=O) groups is 1. The van der Waals surface area contributed by atoms with Gasteiger partial charge in [-0.3, -0.25) is 4.79 Å². The van der Waals surface area contributed by atoms with Crippen molar-refractivity contribution < 1.29 is 18.0 Å². The number of anilines is 1. The molecule has 0 spiro atoms. The zero-order valence-corrected chi connectivity index (χ0v) is 9.45. The number of alkyl halides is 3. The highest BCUT2D eigenvalue weighted by Gasteiger charge is 2.35. The van der Waals surface area contributed by atoms with Crippen LogP contribution in [0.3, 0.4) is 0 Å². The van der Waals surface area contributed by atoms with Gasteiger partial charge in [0.05, 0.1) is 5.56 Å². The van der Waals surface area contributed by atoms with Crippen LogP contribution in [-0.2, 0) is 6.18 Å². The predicted octanol–water partition coefficient (Wildman–Crippen LogP) is 2.15. The smallest absolute Gasteiger partial charge is 0.356 e. The molecule has 0 radical (unpaired) electrons. The Hall–Kier alpha value is -1.66. The summed E-state index contributed by atoms with van der Waals surface area (Å²) in [6.45, 7) is 4.47. The fourth-order valence-electron chi connectivity index (χ4n) is 1.38. The van der Waals surface area contributed by atoms with Gasteiger partial charge in [0.1, 0.15) is 5.82 Å². The molecule has 1 rings (SSSR count). The van der Waals surface area contributed by atoms with Gasteiger partial charge in [-0.05, 0) is 13.8 Å². The van der Waals surface area contributed by atoms with E-state index in [0.717, 1.165) is 6.20 Å². The number of hydrogen-bond donors (Lipinski definition) is 0. The lowest BCUT2D eigenvalue weighted by molar-refractivity contribution is -0.144. The molecule has 1 aromatic rings. The zero-order valence-electron chi connectivity index (χ0n) is 9.45. The van der Waals surface area contributed by atoms with Gasteiger partial charge in [0.2, 0.25) is 5.82 Å². The number of nitrogens with zero attached hydrogens (tertiary/aromatic N) is 3. The van der Waals surface area contributed by atoms with Crippen LogP contribution < -0.4 is 4.90 Å². The van der Waals surface area contributed by atoms with Crippen molar-refractivity contribution in [2.45, 2.75) is 20.0 Å². The first-order valence-electron chi connectivity index (χ1n) is 5.08. The second kappa shape index (κ2) is 5.11. The summed E-state index contributed by atoms with van der Waals surface area (Å²) in [5, 5.41) is 0. The van der Waals surface area contributed by atoms with Crippen molar-refractivity contribution in [3.8, 4) is 0 Å². The van der Waals surface area contributed by atoms with E-state index >= 15 is 0 Å². The minimum atomic E-state index is -4.61. The van der Waals surface area contributed by atoms with Crippen LogP contribution in [0.2, 0.25) is 0 Å². The van der Waals surface area contributed by atoms with Gasteiger partial charge in [-0.1, -0.05) is 0 Å². The predicted molar refractivity (Wildman–Crippen MR) is 56.0 cm³/mol. The Morgan fingerprint density at radius 1 is 1.35 bits per heavy atom. The van der Waals surface area contributed by atoms with E-state index in [0.29, 0.717) is 19.4 Å². The quantitative estimate of drug-likeness (QED) is 0.765. The van der Waals surface area contributed by atoms with Crippen molar-refractivity contribution in [2.24, 2.45) is 0 Å². The lowest BCUT2D eigenvalue weighted by Crippen LogP contribution is -2.26. The van der Waals surface area contributed by atoms with E-state index in [9.17, 15) is 18.0 Å². The Labute approximate surface area is 96.5 Å². The lowest BCUT2D eigenvalue weighted by Gasteiger charge is -2.21. The maximum absolute atomic E-state index is 12.4. The minimum absolute atomic E-state index is 0.0207.